The smallest absolute Gasteiger partial charge is 0.167 e. The summed E-state index contributed by atoms with van der Waals surface area (Å²) in [6.07, 6.45) is 3.78. The van der Waals surface area contributed by atoms with E-state index in [-0.39, 0.29) is 0 Å². The highest BCUT2D eigenvalue weighted by Gasteiger charge is 2.40. The molecule has 0 saturated carbocycles. The first kappa shape index (κ1) is 11.1. The Morgan fingerprint density at radius 2 is 2.39 bits per heavy atom. The van der Waals surface area contributed by atoms with Gasteiger partial charge in [-0.05, 0) is 6.07 Å². The Kier molecular flexibility index (Phi) is 2.48. The Hall–Kier alpha value is -2.01. The van der Waals surface area contributed by atoms with E-state index in [9.17, 15) is 5.11 Å². The van der Waals surface area contributed by atoms with Crippen molar-refractivity contribution in [3.05, 3.63) is 42.0 Å². The molecule has 0 bridgehead atoms. The number of aromatic nitrogens is 2. The van der Waals surface area contributed by atoms with E-state index < -0.39 is 5.60 Å². The van der Waals surface area contributed by atoms with E-state index in [2.05, 4.69) is 9.97 Å². The van der Waals surface area contributed by atoms with Gasteiger partial charge in [-0.15, -0.1) is 0 Å². The zero-order valence-electron chi connectivity index (χ0n) is 10.0. The second-order valence-corrected chi connectivity index (χ2v) is 4.23. The summed E-state index contributed by atoms with van der Waals surface area (Å²) in [6, 6.07) is 5.48. The summed E-state index contributed by atoms with van der Waals surface area (Å²) in [7, 11) is 1.58. The Labute approximate surface area is 104 Å². The van der Waals surface area contributed by atoms with Gasteiger partial charge in [0, 0.05) is 24.4 Å². The normalized spacial score (nSPS) is 22.1. The maximum Gasteiger partial charge on any atom is 0.167 e. The first-order valence-corrected chi connectivity index (χ1v) is 5.78. The molecule has 1 aromatic carbocycles. The van der Waals surface area contributed by atoms with Crippen LogP contribution in [0.5, 0.6) is 11.5 Å². The summed E-state index contributed by atoms with van der Waals surface area (Å²) in [5.41, 5.74) is -0.464. The lowest BCUT2D eigenvalue weighted by Gasteiger charge is -2.33. The number of hydrogen-bond donors (Lipinski definition) is 2. The number of para-hydroxylation sites is 1. The lowest BCUT2D eigenvalue weighted by molar-refractivity contribution is 0.0266. The molecule has 18 heavy (non-hydrogen) atoms. The number of benzene rings is 1. The number of aromatic amines is 1. The second kappa shape index (κ2) is 4.03. The van der Waals surface area contributed by atoms with E-state index in [0.717, 1.165) is 0 Å². The van der Waals surface area contributed by atoms with Crippen LogP contribution in [0.4, 0.5) is 0 Å². The summed E-state index contributed by atoms with van der Waals surface area (Å²) < 4.78 is 10.9. The minimum Gasteiger partial charge on any atom is -0.493 e. The van der Waals surface area contributed by atoms with Gasteiger partial charge in [0.15, 0.2) is 17.1 Å². The van der Waals surface area contributed by atoms with Crippen molar-refractivity contribution in [1.29, 1.82) is 0 Å². The molecule has 0 radical (unpaired) electrons. The predicted molar refractivity (Wildman–Crippen MR) is 64.7 cm³/mol. The molecule has 1 aliphatic heterocycles. The van der Waals surface area contributed by atoms with Gasteiger partial charge in [0.05, 0.1) is 13.7 Å². The van der Waals surface area contributed by atoms with Crippen molar-refractivity contribution >= 4 is 0 Å². The number of ether oxygens (including phenoxy) is 2. The molecule has 2 heterocycles. The number of imidazole rings is 1. The first-order chi connectivity index (χ1) is 8.75. The summed E-state index contributed by atoms with van der Waals surface area (Å²) >= 11 is 0. The number of nitrogens with zero attached hydrogens (tertiary/aromatic N) is 1. The quantitative estimate of drug-likeness (QED) is 0.841. The molecule has 5 nitrogen and oxygen atoms in total. The SMILES string of the molecule is COc1cccc2c1OCCC2(O)c1ncc[nH]1. The maximum atomic E-state index is 10.9. The molecule has 1 unspecified atom stereocenters. The van der Waals surface area contributed by atoms with Crippen molar-refractivity contribution in [2.24, 2.45) is 0 Å². The van der Waals surface area contributed by atoms with Crippen molar-refractivity contribution in [1.82, 2.24) is 9.97 Å². The fourth-order valence-corrected chi connectivity index (χ4v) is 2.32. The van der Waals surface area contributed by atoms with Gasteiger partial charge in [0.2, 0.25) is 0 Å². The van der Waals surface area contributed by atoms with Gasteiger partial charge < -0.3 is 19.6 Å². The van der Waals surface area contributed by atoms with Crippen LogP contribution in [0.25, 0.3) is 0 Å². The standard InChI is InChI=1S/C13H14N2O3/c1-17-10-4-2-3-9-11(10)18-8-5-13(9,16)12-14-6-7-15-12/h2-4,6-7,16H,5,8H2,1H3,(H,14,15). The lowest BCUT2D eigenvalue weighted by Crippen LogP contribution is -2.35. The second-order valence-electron chi connectivity index (χ2n) is 4.23. The van der Waals surface area contributed by atoms with E-state index in [1.807, 2.05) is 18.2 Å². The van der Waals surface area contributed by atoms with E-state index in [0.29, 0.717) is 35.9 Å². The van der Waals surface area contributed by atoms with E-state index in [4.69, 9.17) is 9.47 Å². The van der Waals surface area contributed by atoms with Crippen molar-refractivity contribution in [2.75, 3.05) is 13.7 Å². The average molecular weight is 246 g/mol. The van der Waals surface area contributed by atoms with Crippen LogP contribution in [0.1, 0.15) is 17.8 Å². The number of H-pyrrole nitrogens is 1. The van der Waals surface area contributed by atoms with Crippen LogP contribution in [-0.4, -0.2) is 28.8 Å². The molecule has 1 aromatic heterocycles. The summed E-state index contributed by atoms with van der Waals surface area (Å²) in [5.74, 6) is 1.74. The largest absolute Gasteiger partial charge is 0.493 e. The number of aliphatic hydroxyl groups is 1. The maximum absolute atomic E-state index is 10.9. The van der Waals surface area contributed by atoms with Crippen molar-refractivity contribution in [3.8, 4) is 11.5 Å². The Morgan fingerprint density at radius 3 is 3.11 bits per heavy atom. The molecule has 2 N–H and O–H groups in total. The van der Waals surface area contributed by atoms with Crippen LogP contribution in [0.2, 0.25) is 0 Å². The van der Waals surface area contributed by atoms with Crippen molar-refractivity contribution in [2.45, 2.75) is 12.0 Å². The van der Waals surface area contributed by atoms with Gasteiger partial charge in [-0.2, -0.15) is 0 Å². The first-order valence-electron chi connectivity index (χ1n) is 5.78. The number of rotatable bonds is 2. The molecular weight excluding hydrogens is 232 g/mol. The van der Waals surface area contributed by atoms with Gasteiger partial charge in [0.25, 0.3) is 0 Å². The zero-order chi connectivity index (χ0) is 12.6. The number of nitrogens with one attached hydrogen (secondary N) is 1. The highest BCUT2D eigenvalue weighted by molar-refractivity contribution is 5.52. The molecule has 0 fully saturated rings. The highest BCUT2D eigenvalue weighted by Crippen LogP contribution is 2.44. The number of hydrogen-bond acceptors (Lipinski definition) is 4. The fourth-order valence-electron chi connectivity index (χ4n) is 2.32. The topological polar surface area (TPSA) is 67.4 Å². The van der Waals surface area contributed by atoms with Crippen LogP contribution < -0.4 is 9.47 Å². The van der Waals surface area contributed by atoms with Gasteiger partial charge in [-0.1, -0.05) is 12.1 Å². The molecule has 1 aliphatic rings. The molecule has 5 heteroatoms. The third-order valence-electron chi connectivity index (χ3n) is 3.24. The van der Waals surface area contributed by atoms with Crippen LogP contribution >= 0.6 is 0 Å². The van der Waals surface area contributed by atoms with Crippen molar-refractivity contribution < 1.29 is 14.6 Å². The monoisotopic (exact) mass is 246 g/mol. The molecule has 0 amide bonds. The molecular formula is C13H14N2O3. The Bertz CT molecular complexity index is 553. The predicted octanol–water partition coefficient (Wildman–Crippen LogP) is 1.44. The highest BCUT2D eigenvalue weighted by atomic mass is 16.5. The van der Waals surface area contributed by atoms with Crippen LogP contribution in [-0.2, 0) is 5.60 Å². The minimum atomic E-state index is -1.15. The summed E-state index contributed by atoms with van der Waals surface area (Å²) in [5, 5.41) is 10.9. The van der Waals surface area contributed by atoms with Gasteiger partial charge >= 0.3 is 0 Å². The summed E-state index contributed by atoms with van der Waals surface area (Å²) in [4.78, 5) is 7.13. The van der Waals surface area contributed by atoms with Gasteiger partial charge in [0.1, 0.15) is 5.82 Å². The minimum absolute atomic E-state index is 0.421. The van der Waals surface area contributed by atoms with E-state index in [1.54, 1.807) is 19.5 Å². The van der Waals surface area contributed by atoms with Crippen molar-refractivity contribution in [3.63, 3.8) is 0 Å². The van der Waals surface area contributed by atoms with Crippen LogP contribution in [0.3, 0.4) is 0 Å². The zero-order valence-corrected chi connectivity index (χ0v) is 10.0. The van der Waals surface area contributed by atoms with Crippen LogP contribution in [0.15, 0.2) is 30.6 Å². The third-order valence-corrected chi connectivity index (χ3v) is 3.24. The molecule has 0 spiro atoms. The lowest BCUT2D eigenvalue weighted by atomic mass is 9.87. The Morgan fingerprint density at radius 1 is 1.50 bits per heavy atom. The number of fused-ring (bicyclic) bond motifs is 1. The molecule has 0 aliphatic carbocycles. The molecule has 0 saturated heterocycles. The molecule has 2 aromatic rings. The summed E-state index contributed by atoms with van der Waals surface area (Å²) in [6.45, 7) is 0.421. The fraction of sp³-hybridized carbons (Fsp3) is 0.308. The van der Waals surface area contributed by atoms with Gasteiger partial charge in [-0.3, -0.25) is 0 Å². The van der Waals surface area contributed by atoms with E-state index in [1.165, 1.54) is 0 Å². The number of methoxy groups -OCH3 is 1. The molecule has 3 rings (SSSR count). The Balaban J connectivity index is 2.18. The third kappa shape index (κ3) is 1.48. The van der Waals surface area contributed by atoms with E-state index >= 15 is 0 Å². The van der Waals surface area contributed by atoms with Gasteiger partial charge in [-0.25, -0.2) is 4.98 Å². The molecule has 94 valence electrons. The average Bonchev–Trinajstić information content (AvgIpc) is 2.93. The van der Waals surface area contributed by atoms with Crippen LogP contribution in [0, 0.1) is 0 Å². The molecule has 1 atom stereocenters.